The third kappa shape index (κ3) is 1.32. The van der Waals surface area contributed by atoms with Gasteiger partial charge in [0.25, 0.3) is 0 Å². The highest BCUT2D eigenvalue weighted by Gasteiger charge is 2.05. The molecule has 0 bridgehead atoms. The van der Waals surface area contributed by atoms with Gasteiger partial charge in [0.15, 0.2) is 5.82 Å². The predicted octanol–water partition coefficient (Wildman–Crippen LogP) is 2.93. The van der Waals surface area contributed by atoms with Crippen LogP contribution in [0.2, 0.25) is 0 Å². The van der Waals surface area contributed by atoms with Crippen molar-refractivity contribution in [1.29, 1.82) is 0 Å². The van der Waals surface area contributed by atoms with Gasteiger partial charge in [-0.15, -0.1) is 0 Å². The summed E-state index contributed by atoms with van der Waals surface area (Å²) in [5, 5.41) is 0. The second-order valence-electron chi connectivity index (χ2n) is 1.76. The standard InChI is InChI=1S/C6H4Br2FN/c7-3-1-2-4(10)5(8)6(3)9/h1-2H,10H2. The highest BCUT2D eigenvalue weighted by molar-refractivity contribution is 9.11. The summed E-state index contributed by atoms with van der Waals surface area (Å²) in [6.45, 7) is 0. The van der Waals surface area contributed by atoms with Gasteiger partial charge < -0.3 is 5.73 Å². The van der Waals surface area contributed by atoms with E-state index in [4.69, 9.17) is 5.73 Å². The maximum atomic E-state index is 12.8. The minimum atomic E-state index is -0.361. The molecule has 1 rings (SSSR count). The van der Waals surface area contributed by atoms with Crippen LogP contribution < -0.4 is 5.73 Å². The maximum Gasteiger partial charge on any atom is 0.153 e. The Morgan fingerprint density at radius 1 is 1.30 bits per heavy atom. The van der Waals surface area contributed by atoms with Crippen molar-refractivity contribution in [3.63, 3.8) is 0 Å². The molecule has 0 fully saturated rings. The molecule has 2 N–H and O–H groups in total. The van der Waals surface area contributed by atoms with E-state index in [9.17, 15) is 4.39 Å². The van der Waals surface area contributed by atoms with Crippen LogP contribution in [0, 0.1) is 5.82 Å². The molecule has 1 aromatic rings. The molecule has 0 heterocycles. The molecule has 0 aliphatic carbocycles. The Labute approximate surface area is 74.7 Å². The molecule has 0 atom stereocenters. The SMILES string of the molecule is Nc1ccc(Br)c(F)c1Br. The molecule has 0 aliphatic rings. The van der Waals surface area contributed by atoms with E-state index in [0.29, 0.717) is 14.6 Å². The van der Waals surface area contributed by atoms with Crippen LogP contribution in [-0.4, -0.2) is 0 Å². The van der Waals surface area contributed by atoms with E-state index in [-0.39, 0.29) is 5.82 Å². The smallest absolute Gasteiger partial charge is 0.153 e. The number of halogens is 3. The van der Waals surface area contributed by atoms with E-state index >= 15 is 0 Å². The molecule has 54 valence electrons. The van der Waals surface area contributed by atoms with Crippen molar-refractivity contribution in [2.24, 2.45) is 0 Å². The zero-order valence-electron chi connectivity index (χ0n) is 4.87. The zero-order chi connectivity index (χ0) is 7.72. The summed E-state index contributed by atoms with van der Waals surface area (Å²) in [5.74, 6) is -0.361. The average molecular weight is 269 g/mol. The molecule has 0 saturated carbocycles. The third-order valence-corrected chi connectivity index (χ3v) is 2.48. The van der Waals surface area contributed by atoms with E-state index in [0.717, 1.165) is 0 Å². The van der Waals surface area contributed by atoms with Crippen molar-refractivity contribution in [3.05, 3.63) is 26.9 Å². The summed E-state index contributed by atoms with van der Waals surface area (Å²) in [4.78, 5) is 0. The van der Waals surface area contributed by atoms with Crippen LogP contribution in [0.15, 0.2) is 21.1 Å². The normalized spacial score (nSPS) is 9.90. The van der Waals surface area contributed by atoms with Crippen LogP contribution in [0.4, 0.5) is 10.1 Å². The lowest BCUT2D eigenvalue weighted by Gasteiger charge is -1.99. The fraction of sp³-hybridized carbons (Fsp3) is 0. The van der Waals surface area contributed by atoms with E-state index < -0.39 is 0 Å². The van der Waals surface area contributed by atoms with E-state index in [1.54, 1.807) is 12.1 Å². The van der Waals surface area contributed by atoms with Crippen LogP contribution >= 0.6 is 31.9 Å². The van der Waals surface area contributed by atoms with Gasteiger partial charge in [-0.3, -0.25) is 0 Å². The lowest BCUT2D eigenvalue weighted by atomic mass is 10.3. The molecular weight excluding hydrogens is 265 g/mol. The summed E-state index contributed by atoms with van der Waals surface area (Å²) in [5.41, 5.74) is 5.79. The summed E-state index contributed by atoms with van der Waals surface area (Å²) in [7, 11) is 0. The molecule has 0 aromatic heterocycles. The second kappa shape index (κ2) is 2.88. The first-order chi connectivity index (χ1) is 4.63. The van der Waals surface area contributed by atoms with Crippen LogP contribution in [0.25, 0.3) is 0 Å². The van der Waals surface area contributed by atoms with Crippen molar-refractivity contribution >= 4 is 37.5 Å². The van der Waals surface area contributed by atoms with E-state index in [1.807, 2.05) is 0 Å². The van der Waals surface area contributed by atoms with E-state index in [1.165, 1.54) is 0 Å². The predicted molar refractivity (Wildman–Crippen MR) is 46.2 cm³/mol. The van der Waals surface area contributed by atoms with Crippen LogP contribution in [-0.2, 0) is 0 Å². The molecule has 0 unspecified atom stereocenters. The monoisotopic (exact) mass is 267 g/mol. The van der Waals surface area contributed by atoms with Gasteiger partial charge in [0.05, 0.1) is 8.95 Å². The summed E-state index contributed by atoms with van der Waals surface area (Å²) >= 11 is 6.02. The molecule has 0 saturated heterocycles. The van der Waals surface area contributed by atoms with E-state index in [2.05, 4.69) is 31.9 Å². The molecule has 1 nitrogen and oxygen atoms in total. The fourth-order valence-corrected chi connectivity index (χ4v) is 1.48. The maximum absolute atomic E-state index is 12.8. The lowest BCUT2D eigenvalue weighted by Crippen LogP contribution is -1.89. The molecule has 1 aromatic carbocycles. The van der Waals surface area contributed by atoms with Gasteiger partial charge in [-0.2, -0.15) is 0 Å². The first kappa shape index (κ1) is 8.01. The molecule has 0 amide bonds. The van der Waals surface area contributed by atoms with Crippen LogP contribution in [0.1, 0.15) is 0 Å². The third-order valence-electron chi connectivity index (χ3n) is 1.07. The minimum absolute atomic E-state index is 0.307. The Morgan fingerprint density at radius 2 is 1.90 bits per heavy atom. The Balaban J connectivity index is 3.34. The van der Waals surface area contributed by atoms with Gasteiger partial charge in [-0.05, 0) is 44.0 Å². The molecular formula is C6H4Br2FN. The summed E-state index contributed by atoms with van der Waals surface area (Å²) < 4.78 is 13.5. The van der Waals surface area contributed by atoms with Crippen molar-refractivity contribution in [1.82, 2.24) is 0 Å². The highest BCUT2D eigenvalue weighted by atomic mass is 79.9. The summed E-state index contributed by atoms with van der Waals surface area (Å²) in [6.07, 6.45) is 0. The van der Waals surface area contributed by atoms with Crippen LogP contribution in [0.5, 0.6) is 0 Å². The number of nitrogens with two attached hydrogens (primary N) is 1. The number of rotatable bonds is 0. The fourth-order valence-electron chi connectivity index (χ4n) is 0.541. The first-order valence-corrected chi connectivity index (χ1v) is 4.10. The average Bonchev–Trinajstić information content (AvgIpc) is 1.93. The number of benzene rings is 1. The lowest BCUT2D eigenvalue weighted by molar-refractivity contribution is 0.615. The van der Waals surface area contributed by atoms with Gasteiger partial charge in [-0.25, -0.2) is 4.39 Å². The van der Waals surface area contributed by atoms with Gasteiger partial charge >= 0.3 is 0 Å². The topological polar surface area (TPSA) is 26.0 Å². The molecule has 4 heteroatoms. The van der Waals surface area contributed by atoms with Crippen molar-refractivity contribution in [3.8, 4) is 0 Å². The van der Waals surface area contributed by atoms with Gasteiger partial charge in [0.2, 0.25) is 0 Å². The largest absolute Gasteiger partial charge is 0.398 e. The van der Waals surface area contributed by atoms with Crippen molar-refractivity contribution in [2.45, 2.75) is 0 Å². The van der Waals surface area contributed by atoms with Crippen molar-refractivity contribution < 1.29 is 4.39 Å². The number of anilines is 1. The second-order valence-corrected chi connectivity index (χ2v) is 3.41. The number of hydrogen-bond donors (Lipinski definition) is 1. The molecule has 0 radical (unpaired) electrons. The highest BCUT2D eigenvalue weighted by Crippen LogP contribution is 2.28. The Hall–Kier alpha value is -0.0900. The minimum Gasteiger partial charge on any atom is -0.398 e. The molecule has 10 heavy (non-hydrogen) atoms. The van der Waals surface area contributed by atoms with Crippen molar-refractivity contribution in [2.75, 3.05) is 5.73 Å². The molecule has 0 aliphatic heterocycles. The Morgan fingerprint density at radius 3 is 2.40 bits per heavy atom. The number of nitrogen functional groups attached to an aromatic ring is 1. The first-order valence-electron chi connectivity index (χ1n) is 2.52. The zero-order valence-corrected chi connectivity index (χ0v) is 8.04. The summed E-state index contributed by atoms with van der Waals surface area (Å²) in [6, 6.07) is 3.19. The van der Waals surface area contributed by atoms with Crippen LogP contribution in [0.3, 0.4) is 0 Å². The van der Waals surface area contributed by atoms with Gasteiger partial charge in [-0.1, -0.05) is 0 Å². The molecule has 0 spiro atoms. The van der Waals surface area contributed by atoms with Gasteiger partial charge in [0, 0.05) is 5.69 Å². The Kier molecular flexibility index (Phi) is 2.31. The van der Waals surface area contributed by atoms with Gasteiger partial charge in [0.1, 0.15) is 0 Å². The number of hydrogen-bond acceptors (Lipinski definition) is 1. The Bertz CT molecular complexity index is 235. The quantitative estimate of drug-likeness (QED) is 0.568.